The third-order valence-corrected chi connectivity index (χ3v) is 1.90. The van der Waals surface area contributed by atoms with E-state index in [9.17, 15) is 4.79 Å². The number of anilines is 1. The van der Waals surface area contributed by atoms with Crippen LogP contribution < -0.4 is 5.43 Å². The number of carbonyl (C=O) groups is 1. The fraction of sp³-hybridized carbons (Fsp3) is 0.167. The molecule has 0 aliphatic rings. The second kappa shape index (κ2) is 5.75. The zero-order chi connectivity index (χ0) is 11.1. The van der Waals surface area contributed by atoms with Crippen LogP contribution in [0.5, 0.6) is 0 Å². The highest BCUT2D eigenvalue weighted by Crippen LogP contribution is 2.05. The normalized spacial score (nSPS) is 10.9. The van der Waals surface area contributed by atoms with E-state index >= 15 is 0 Å². The number of benzene rings is 1. The van der Waals surface area contributed by atoms with Crippen LogP contribution in [-0.2, 0) is 4.79 Å². The summed E-state index contributed by atoms with van der Waals surface area (Å²) in [6.45, 7) is 5.31. The lowest BCUT2D eigenvalue weighted by atomic mass is 10.2. The summed E-state index contributed by atoms with van der Waals surface area (Å²) in [6.07, 6.45) is 1.86. The van der Waals surface area contributed by atoms with E-state index < -0.39 is 0 Å². The number of rotatable bonds is 5. The van der Waals surface area contributed by atoms with Crippen LogP contribution in [-0.4, -0.2) is 11.5 Å². The maximum Gasteiger partial charge on any atom is 0.201 e. The summed E-state index contributed by atoms with van der Waals surface area (Å²) in [5.41, 5.74) is 4.17. The van der Waals surface area contributed by atoms with Crippen LogP contribution in [0.15, 0.2) is 48.1 Å². The van der Waals surface area contributed by atoms with Gasteiger partial charge in [-0.3, -0.25) is 10.2 Å². The molecule has 0 heterocycles. The smallest absolute Gasteiger partial charge is 0.201 e. The molecule has 0 saturated heterocycles. The molecule has 0 amide bonds. The lowest BCUT2D eigenvalue weighted by Gasteiger charge is -2.02. The Balaban J connectivity index is 2.71. The Labute approximate surface area is 89.5 Å². The number of para-hydroxylation sites is 1. The van der Waals surface area contributed by atoms with Gasteiger partial charge >= 0.3 is 0 Å². The molecule has 0 fully saturated rings. The molecular weight excluding hydrogens is 188 g/mol. The minimum atomic E-state index is -0.138. The van der Waals surface area contributed by atoms with Crippen molar-refractivity contribution in [3.8, 4) is 0 Å². The minimum Gasteiger partial charge on any atom is -0.288 e. The molecule has 0 aliphatic heterocycles. The molecule has 0 saturated carbocycles. The summed E-state index contributed by atoms with van der Waals surface area (Å²) in [5.74, 6) is -0.138. The van der Waals surface area contributed by atoms with Crippen molar-refractivity contribution in [3.63, 3.8) is 0 Å². The largest absolute Gasteiger partial charge is 0.288 e. The van der Waals surface area contributed by atoms with Crippen LogP contribution in [0.1, 0.15) is 13.3 Å². The average Bonchev–Trinajstić information content (AvgIpc) is 2.31. The molecule has 0 aromatic heterocycles. The van der Waals surface area contributed by atoms with Crippen LogP contribution in [0.25, 0.3) is 0 Å². The standard InChI is InChI=1S/C12H14N2O/c1-3-11(12(15)4-2)14-13-10-8-6-5-7-9-10/h4-9,13H,2-3H2,1H3/b14-11-. The number of ketones is 1. The Bertz CT molecular complexity index is 368. The Morgan fingerprint density at radius 1 is 1.47 bits per heavy atom. The molecule has 1 N–H and O–H groups in total. The number of nitrogens with zero attached hydrogens (tertiary/aromatic N) is 1. The first-order valence-electron chi connectivity index (χ1n) is 4.82. The Morgan fingerprint density at radius 2 is 2.13 bits per heavy atom. The highest BCUT2D eigenvalue weighted by atomic mass is 16.1. The molecule has 78 valence electrons. The third kappa shape index (κ3) is 3.38. The second-order valence-corrected chi connectivity index (χ2v) is 2.96. The van der Waals surface area contributed by atoms with Gasteiger partial charge in [0, 0.05) is 0 Å². The Hall–Kier alpha value is -1.90. The predicted molar refractivity (Wildman–Crippen MR) is 63.0 cm³/mol. The Morgan fingerprint density at radius 3 is 2.67 bits per heavy atom. The van der Waals surface area contributed by atoms with E-state index in [1.54, 1.807) is 0 Å². The monoisotopic (exact) mass is 202 g/mol. The number of nitrogens with one attached hydrogen (secondary N) is 1. The van der Waals surface area contributed by atoms with Crippen molar-refractivity contribution in [2.45, 2.75) is 13.3 Å². The first-order chi connectivity index (χ1) is 7.27. The number of hydrogen-bond donors (Lipinski definition) is 1. The van der Waals surface area contributed by atoms with Crippen LogP contribution in [0.4, 0.5) is 5.69 Å². The molecule has 1 aromatic carbocycles. The molecule has 0 unspecified atom stereocenters. The molecule has 3 nitrogen and oxygen atoms in total. The number of allylic oxidation sites excluding steroid dienone is 1. The molecule has 3 heteroatoms. The summed E-state index contributed by atoms with van der Waals surface area (Å²) in [6, 6.07) is 9.49. The van der Waals surface area contributed by atoms with Crippen LogP contribution in [0.2, 0.25) is 0 Å². The highest BCUT2D eigenvalue weighted by Gasteiger charge is 2.03. The molecule has 1 rings (SSSR count). The van der Waals surface area contributed by atoms with Crippen molar-refractivity contribution >= 4 is 17.2 Å². The van der Waals surface area contributed by atoms with E-state index in [-0.39, 0.29) is 5.78 Å². The highest BCUT2D eigenvalue weighted by molar-refractivity contribution is 6.43. The summed E-state index contributed by atoms with van der Waals surface area (Å²) >= 11 is 0. The zero-order valence-electron chi connectivity index (χ0n) is 8.73. The van der Waals surface area contributed by atoms with Gasteiger partial charge in [-0.15, -0.1) is 0 Å². The quantitative estimate of drug-likeness (QED) is 0.453. The summed E-state index contributed by atoms with van der Waals surface area (Å²) in [5, 5.41) is 4.03. The minimum absolute atomic E-state index is 0.138. The molecule has 0 atom stereocenters. The van der Waals surface area contributed by atoms with E-state index in [0.29, 0.717) is 12.1 Å². The van der Waals surface area contributed by atoms with Crippen LogP contribution in [0.3, 0.4) is 0 Å². The van der Waals surface area contributed by atoms with E-state index in [2.05, 4.69) is 17.1 Å². The zero-order valence-corrected chi connectivity index (χ0v) is 8.73. The van der Waals surface area contributed by atoms with E-state index in [0.717, 1.165) is 5.69 Å². The molecule has 0 spiro atoms. The van der Waals surface area contributed by atoms with Gasteiger partial charge in [-0.25, -0.2) is 0 Å². The summed E-state index contributed by atoms with van der Waals surface area (Å²) in [7, 11) is 0. The number of hydrogen-bond acceptors (Lipinski definition) is 3. The van der Waals surface area contributed by atoms with Crippen molar-refractivity contribution in [2.75, 3.05) is 5.43 Å². The van der Waals surface area contributed by atoms with E-state index in [1.165, 1.54) is 6.08 Å². The molecule has 0 radical (unpaired) electrons. The van der Waals surface area contributed by atoms with Gasteiger partial charge in [-0.05, 0) is 24.6 Å². The van der Waals surface area contributed by atoms with Gasteiger partial charge in [-0.2, -0.15) is 5.10 Å². The van der Waals surface area contributed by atoms with Crippen LogP contribution >= 0.6 is 0 Å². The van der Waals surface area contributed by atoms with Gasteiger partial charge in [0.1, 0.15) is 5.71 Å². The third-order valence-electron chi connectivity index (χ3n) is 1.90. The fourth-order valence-corrected chi connectivity index (χ4v) is 1.07. The maximum atomic E-state index is 11.3. The van der Waals surface area contributed by atoms with E-state index in [1.807, 2.05) is 37.3 Å². The Kier molecular flexibility index (Phi) is 4.29. The molecular formula is C12H14N2O. The van der Waals surface area contributed by atoms with Gasteiger partial charge in [0.15, 0.2) is 0 Å². The van der Waals surface area contributed by atoms with Crippen molar-refractivity contribution < 1.29 is 4.79 Å². The van der Waals surface area contributed by atoms with Crippen molar-refractivity contribution in [3.05, 3.63) is 43.0 Å². The topological polar surface area (TPSA) is 41.5 Å². The van der Waals surface area contributed by atoms with E-state index in [4.69, 9.17) is 0 Å². The SMILES string of the molecule is C=CC(=O)/C(CC)=N\Nc1ccccc1. The van der Waals surface area contributed by atoms with Crippen molar-refractivity contribution in [2.24, 2.45) is 5.10 Å². The van der Waals surface area contributed by atoms with Gasteiger partial charge in [-0.1, -0.05) is 31.7 Å². The first-order valence-corrected chi connectivity index (χ1v) is 4.82. The first kappa shape index (κ1) is 11.2. The van der Waals surface area contributed by atoms with Gasteiger partial charge in [0.2, 0.25) is 5.78 Å². The summed E-state index contributed by atoms with van der Waals surface area (Å²) in [4.78, 5) is 11.3. The van der Waals surface area contributed by atoms with Crippen molar-refractivity contribution in [1.82, 2.24) is 0 Å². The number of carbonyl (C=O) groups excluding carboxylic acids is 1. The predicted octanol–water partition coefficient (Wildman–Crippen LogP) is 2.62. The number of hydrazone groups is 1. The van der Waals surface area contributed by atoms with Gasteiger partial charge < -0.3 is 0 Å². The van der Waals surface area contributed by atoms with Crippen LogP contribution in [0, 0.1) is 0 Å². The van der Waals surface area contributed by atoms with Crippen molar-refractivity contribution in [1.29, 1.82) is 0 Å². The fourth-order valence-electron chi connectivity index (χ4n) is 1.07. The second-order valence-electron chi connectivity index (χ2n) is 2.96. The molecule has 1 aromatic rings. The summed E-state index contributed by atoms with van der Waals surface area (Å²) < 4.78 is 0. The lowest BCUT2D eigenvalue weighted by molar-refractivity contribution is -0.109. The molecule has 0 bridgehead atoms. The molecule has 15 heavy (non-hydrogen) atoms. The van der Waals surface area contributed by atoms with Gasteiger partial charge in [0.05, 0.1) is 5.69 Å². The molecule has 0 aliphatic carbocycles. The van der Waals surface area contributed by atoms with Gasteiger partial charge in [0.25, 0.3) is 0 Å². The average molecular weight is 202 g/mol. The maximum absolute atomic E-state index is 11.3. The lowest BCUT2D eigenvalue weighted by Crippen LogP contribution is -2.11.